The van der Waals surface area contributed by atoms with Crippen LogP contribution in [0.1, 0.15) is 37.8 Å². The highest BCUT2D eigenvalue weighted by Gasteiger charge is 2.39. The van der Waals surface area contributed by atoms with Gasteiger partial charge >= 0.3 is 18.0 Å². The molecular formula is C30H34F2N4O9. The van der Waals surface area contributed by atoms with Crippen LogP contribution in [0.25, 0.3) is 0 Å². The number of anilines is 4. The SMILES string of the molecule is CCCN1C(=O)Cc2cc(N3C[C@H](C(=O)OC)OC3=O)cc(F)c21.CCCN1C(=O)Cc2cc(NC[C@@H](O)C(=O)O)cc(F)c21. The van der Waals surface area contributed by atoms with Crippen molar-refractivity contribution in [2.24, 2.45) is 0 Å². The summed E-state index contributed by atoms with van der Waals surface area (Å²) < 4.78 is 38.2. The van der Waals surface area contributed by atoms with Crippen LogP contribution in [-0.2, 0) is 41.5 Å². The van der Waals surface area contributed by atoms with Crippen molar-refractivity contribution in [3.63, 3.8) is 0 Å². The number of nitrogens with zero attached hydrogens (tertiary/aromatic N) is 3. The summed E-state index contributed by atoms with van der Waals surface area (Å²) >= 11 is 0. The number of hydrogen-bond donors (Lipinski definition) is 3. The molecule has 0 radical (unpaired) electrons. The number of carbonyl (C=O) groups is 5. The molecule has 3 aliphatic heterocycles. The zero-order chi connectivity index (χ0) is 33.0. The van der Waals surface area contributed by atoms with E-state index in [2.05, 4.69) is 10.1 Å². The molecule has 13 nitrogen and oxygen atoms in total. The number of cyclic esters (lactones) is 1. The molecule has 242 valence electrons. The molecule has 45 heavy (non-hydrogen) atoms. The number of aliphatic hydroxyl groups excluding tert-OH is 1. The van der Waals surface area contributed by atoms with Crippen molar-refractivity contribution in [1.29, 1.82) is 0 Å². The molecule has 0 aromatic heterocycles. The van der Waals surface area contributed by atoms with Crippen LogP contribution in [0.4, 0.5) is 36.3 Å². The van der Waals surface area contributed by atoms with Crippen molar-refractivity contribution in [1.82, 2.24) is 0 Å². The molecule has 0 bridgehead atoms. The predicted octanol–water partition coefficient (Wildman–Crippen LogP) is 2.61. The number of nitrogens with one attached hydrogen (secondary N) is 1. The Bertz CT molecular complexity index is 1520. The zero-order valence-electron chi connectivity index (χ0n) is 25.0. The number of rotatable bonds is 10. The van der Waals surface area contributed by atoms with E-state index in [-0.39, 0.29) is 49.1 Å². The molecule has 2 aromatic carbocycles. The maximum Gasteiger partial charge on any atom is 0.415 e. The van der Waals surface area contributed by atoms with Gasteiger partial charge in [0, 0.05) is 18.8 Å². The van der Waals surface area contributed by atoms with E-state index >= 15 is 0 Å². The molecule has 1 fully saturated rings. The van der Waals surface area contributed by atoms with Crippen LogP contribution in [0.5, 0.6) is 0 Å². The van der Waals surface area contributed by atoms with Gasteiger partial charge in [-0.3, -0.25) is 14.5 Å². The predicted molar refractivity (Wildman–Crippen MR) is 157 cm³/mol. The molecule has 2 atom stereocenters. The second-order valence-corrected chi connectivity index (χ2v) is 10.6. The van der Waals surface area contributed by atoms with Crippen molar-refractivity contribution in [2.45, 2.75) is 51.7 Å². The third-order valence-electron chi connectivity index (χ3n) is 7.36. The van der Waals surface area contributed by atoms with Gasteiger partial charge in [0.25, 0.3) is 0 Å². The molecule has 15 heteroatoms. The van der Waals surface area contributed by atoms with Gasteiger partial charge in [-0.15, -0.1) is 0 Å². The molecule has 3 heterocycles. The molecule has 0 spiro atoms. The van der Waals surface area contributed by atoms with Crippen molar-refractivity contribution >= 4 is 52.6 Å². The quantitative estimate of drug-likeness (QED) is 0.332. The first kappa shape index (κ1) is 33.1. The van der Waals surface area contributed by atoms with Gasteiger partial charge in [-0.05, 0) is 48.2 Å². The Morgan fingerprint density at radius 3 is 2.07 bits per heavy atom. The highest BCUT2D eigenvalue weighted by molar-refractivity contribution is 6.03. The number of esters is 1. The van der Waals surface area contributed by atoms with Crippen LogP contribution in [0.15, 0.2) is 24.3 Å². The Morgan fingerprint density at radius 1 is 0.978 bits per heavy atom. The number of aliphatic carboxylic acids is 1. The number of fused-ring (bicyclic) bond motifs is 2. The third-order valence-corrected chi connectivity index (χ3v) is 7.36. The normalized spacial score (nSPS) is 17.4. The molecule has 0 unspecified atom stereocenters. The number of aliphatic hydroxyl groups is 1. The fourth-order valence-corrected chi connectivity index (χ4v) is 5.34. The Labute approximate surface area is 257 Å². The lowest BCUT2D eigenvalue weighted by molar-refractivity contribution is -0.148. The van der Waals surface area contributed by atoms with Gasteiger partial charge in [0.1, 0.15) is 11.6 Å². The average Bonchev–Trinajstić information content (AvgIpc) is 3.64. The van der Waals surface area contributed by atoms with Crippen LogP contribution in [0.2, 0.25) is 0 Å². The van der Waals surface area contributed by atoms with Gasteiger partial charge in [0.15, 0.2) is 6.10 Å². The maximum absolute atomic E-state index is 14.5. The highest BCUT2D eigenvalue weighted by atomic mass is 19.1. The second kappa shape index (κ2) is 13.9. The number of carboxylic acids is 1. The Morgan fingerprint density at radius 2 is 1.53 bits per heavy atom. The minimum atomic E-state index is -1.57. The molecule has 2 aromatic rings. The van der Waals surface area contributed by atoms with Gasteiger partial charge in [0.2, 0.25) is 17.9 Å². The molecule has 3 amide bonds. The highest BCUT2D eigenvalue weighted by Crippen LogP contribution is 2.37. The summed E-state index contributed by atoms with van der Waals surface area (Å²) in [7, 11) is 1.20. The van der Waals surface area contributed by atoms with E-state index in [1.165, 1.54) is 29.0 Å². The smallest absolute Gasteiger partial charge is 0.415 e. The monoisotopic (exact) mass is 632 g/mol. The van der Waals surface area contributed by atoms with Gasteiger partial charge in [-0.2, -0.15) is 0 Å². The van der Waals surface area contributed by atoms with Crippen LogP contribution < -0.4 is 20.0 Å². The van der Waals surface area contributed by atoms with E-state index in [0.717, 1.165) is 11.3 Å². The molecule has 0 saturated carbocycles. The lowest BCUT2D eigenvalue weighted by atomic mass is 10.1. The van der Waals surface area contributed by atoms with Crippen molar-refractivity contribution in [2.75, 3.05) is 53.3 Å². The fourth-order valence-electron chi connectivity index (χ4n) is 5.34. The topological polar surface area (TPSA) is 166 Å². The molecular weight excluding hydrogens is 598 g/mol. The lowest BCUT2D eigenvalue weighted by Crippen LogP contribution is -2.29. The van der Waals surface area contributed by atoms with Gasteiger partial charge in [0.05, 0.1) is 50.1 Å². The van der Waals surface area contributed by atoms with E-state index in [1.54, 1.807) is 12.1 Å². The lowest BCUT2D eigenvalue weighted by Gasteiger charge is -2.19. The van der Waals surface area contributed by atoms with E-state index in [4.69, 9.17) is 9.84 Å². The van der Waals surface area contributed by atoms with Crippen LogP contribution in [0.3, 0.4) is 0 Å². The van der Waals surface area contributed by atoms with Crippen LogP contribution >= 0.6 is 0 Å². The average molecular weight is 633 g/mol. The number of benzene rings is 2. The molecule has 3 aliphatic rings. The Balaban J connectivity index is 0.000000207. The first-order valence-electron chi connectivity index (χ1n) is 14.4. The Kier molecular flexibility index (Phi) is 10.2. The largest absolute Gasteiger partial charge is 0.479 e. The number of carboxylic acid groups (broad SMARTS) is 1. The van der Waals surface area contributed by atoms with Crippen molar-refractivity contribution in [3.8, 4) is 0 Å². The van der Waals surface area contributed by atoms with Crippen LogP contribution in [0, 0.1) is 11.6 Å². The van der Waals surface area contributed by atoms with Gasteiger partial charge in [-0.25, -0.2) is 23.2 Å². The summed E-state index contributed by atoms with van der Waals surface area (Å²) in [6.45, 7) is 4.43. The number of methoxy groups -OCH3 is 1. The van der Waals surface area contributed by atoms with E-state index < -0.39 is 41.9 Å². The number of carbonyl (C=O) groups excluding carboxylic acids is 4. The number of halogens is 2. The van der Waals surface area contributed by atoms with E-state index in [9.17, 15) is 37.9 Å². The summed E-state index contributed by atoms with van der Waals surface area (Å²) in [5.41, 5.74) is 2.26. The minimum absolute atomic E-state index is 0.0592. The van der Waals surface area contributed by atoms with Gasteiger partial charge < -0.3 is 34.8 Å². The van der Waals surface area contributed by atoms with E-state index in [1.807, 2.05) is 13.8 Å². The van der Waals surface area contributed by atoms with Crippen molar-refractivity contribution < 1.29 is 52.4 Å². The summed E-state index contributed by atoms with van der Waals surface area (Å²) in [4.78, 5) is 61.9. The number of amides is 3. The number of hydrogen-bond acceptors (Lipinski definition) is 9. The first-order chi connectivity index (χ1) is 21.4. The molecule has 0 aliphatic carbocycles. The standard InChI is InChI=1S/C16H17FN2O5.C14H17FN2O4/c1-3-4-18-13(20)6-9-5-10(7-11(17)14(9)18)19-8-12(15(21)23-2)24-16(19)22;1-2-3-17-12(19)5-8-4-9(6-10(15)13(8)17)16-7-11(18)14(20)21/h5,7,12H,3-4,6,8H2,1-2H3;4,6,11,16,18H,2-3,5,7H2,1H3,(H,20,21)/t12-;11-/m11/s1. The number of ether oxygens (including phenoxy) is 2. The molecule has 5 rings (SSSR count). The third kappa shape index (κ3) is 6.98. The summed E-state index contributed by atoms with van der Waals surface area (Å²) in [6.07, 6.45) is -1.70. The van der Waals surface area contributed by atoms with Gasteiger partial charge in [-0.1, -0.05) is 13.8 Å². The molecule has 1 saturated heterocycles. The van der Waals surface area contributed by atoms with E-state index in [0.29, 0.717) is 42.0 Å². The zero-order valence-corrected chi connectivity index (χ0v) is 25.0. The molecule has 3 N–H and O–H groups in total. The fraction of sp³-hybridized carbons (Fsp3) is 0.433. The summed E-state index contributed by atoms with van der Waals surface area (Å²) in [5.74, 6) is -3.44. The van der Waals surface area contributed by atoms with Crippen molar-refractivity contribution in [3.05, 3.63) is 47.0 Å². The first-order valence-corrected chi connectivity index (χ1v) is 14.4. The summed E-state index contributed by atoms with van der Waals surface area (Å²) in [6, 6.07) is 5.59. The van der Waals surface area contributed by atoms with Crippen LogP contribution in [-0.4, -0.2) is 85.6 Å². The summed E-state index contributed by atoms with van der Waals surface area (Å²) in [5, 5.41) is 20.4. The second-order valence-electron chi connectivity index (χ2n) is 10.6. The minimum Gasteiger partial charge on any atom is -0.479 e. The Hall–Kier alpha value is -4.79. The maximum atomic E-state index is 14.5.